The molecule has 0 N–H and O–H groups in total. The molecule has 11 heavy (non-hydrogen) atoms. The van der Waals surface area contributed by atoms with E-state index in [9.17, 15) is 4.39 Å². The summed E-state index contributed by atoms with van der Waals surface area (Å²) in [6.07, 6.45) is 4.59. The fraction of sp³-hybridized carbons (Fsp3) is 0.111. The molecule has 0 fully saturated rings. The molecule has 0 amide bonds. The Bertz CT molecular complexity index is 304. The molecule has 0 saturated carbocycles. The van der Waals surface area contributed by atoms with Crippen LogP contribution in [-0.2, 0) is 0 Å². The van der Waals surface area contributed by atoms with Crippen molar-refractivity contribution in [1.29, 1.82) is 0 Å². The van der Waals surface area contributed by atoms with Gasteiger partial charge in [-0.1, -0.05) is 0 Å². The molecule has 1 radical (unpaired) electrons. The number of hydrogen-bond donors (Lipinski definition) is 0. The lowest BCUT2D eigenvalue weighted by Gasteiger charge is -2.10. The Balaban J connectivity index is 2.54. The summed E-state index contributed by atoms with van der Waals surface area (Å²) in [6, 6.07) is 4.45. The predicted molar refractivity (Wildman–Crippen MR) is 39.6 cm³/mol. The lowest BCUT2D eigenvalue weighted by atomic mass is 10.1. The zero-order valence-electron chi connectivity index (χ0n) is 5.80. The number of benzene rings is 1. The van der Waals surface area contributed by atoms with E-state index in [1.54, 1.807) is 12.1 Å². The lowest BCUT2D eigenvalue weighted by molar-refractivity contribution is 0.352. The summed E-state index contributed by atoms with van der Waals surface area (Å²) in [5.74, 6) is 0.484. The van der Waals surface area contributed by atoms with Gasteiger partial charge >= 0.3 is 0 Å². The van der Waals surface area contributed by atoms with Crippen LogP contribution < -0.4 is 4.74 Å². The van der Waals surface area contributed by atoms with E-state index in [2.05, 4.69) is 6.08 Å². The maximum atomic E-state index is 12.6. The van der Waals surface area contributed by atoms with Gasteiger partial charge < -0.3 is 4.74 Å². The van der Waals surface area contributed by atoms with Crippen molar-refractivity contribution < 1.29 is 9.13 Å². The zero-order chi connectivity index (χ0) is 7.68. The van der Waals surface area contributed by atoms with Gasteiger partial charge in [0.25, 0.3) is 0 Å². The maximum Gasteiger partial charge on any atom is 0.127 e. The van der Waals surface area contributed by atoms with E-state index in [1.165, 1.54) is 12.1 Å². The van der Waals surface area contributed by atoms with Crippen molar-refractivity contribution in [3.63, 3.8) is 0 Å². The molecule has 0 spiro atoms. The average Bonchev–Trinajstić information content (AvgIpc) is 2.04. The molecular weight excluding hydrogens is 143 g/mol. The average molecular weight is 149 g/mol. The highest BCUT2D eigenvalue weighted by molar-refractivity contribution is 5.57. The topological polar surface area (TPSA) is 9.23 Å². The van der Waals surface area contributed by atoms with Gasteiger partial charge in [-0.2, -0.15) is 0 Å². The number of hydrogen-bond acceptors (Lipinski definition) is 1. The minimum absolute atomic E-state index is 0.243. The van der Waals surface area contributed by atoms with E-state index >= 15 is 0 Å². The Morgan fingerprint density at radius 3 is 3.27 bits per heavy atom. The number of halogens is 1. The molecule has 1 aromatic carbocycles. The van der Waals surface area contributed by atoms with Gasteiger partial charge in [-0.15, -0.1) is 0 Å². The molecule has 0 atom stereocenters. The van der Waals surface area contributed by atoms with E-state index in [0.717, 1.165) is 11.3 Å². The molecule has 1 aromatic rings. The Labute approximate surface area is 64.1 Å². The molecule has 0 saturated heterocycles. The molecule has 1 aliphatic rings. The standard InChI is InChI=1S/C9H6FO/c10-8-3-4-9-7(6-8)2-1-5-11-9/h2-4,6H,5H2. The van der Waals surface area contributed by atoms with Crippen molar-refractivity contribution in [1.82, 2.24) is 0 Å². The quantitative estimate of drug-likeness (QED) is 0.548. The van der Waals surface area contributed by atoms with E-state index in [4.69, 9.17) is 4.74 Å². The van der Waals surface area contributed by atoms with Crippen LogP contribution in [0.4, 0.5) is 4.39 Å². The first kappa shape index (κ1) is 6.40. The van der Waals surface area contributed by atoms with Gasteiger partial charge in [0.15, 0.2) is 0 Å². The van der Waals surface area contributed by atoms with Gasteiger partial charge in [0.05, 0.1) is 0 Å². The second-order valence-corrected chi connectivity index (χ2v) is 2.32. The largest absolute Gasteiger partial charge is 0.488 e. The SMILES string of the molecule is Fc1ccc2c(c1)C=[C]CO2. The molecular formula is C9H6FO. The van der Waals surface area contributed by atoms with Crippen LogP contribution in [0.1, 0.15) is 5.56 Å². The van der Waals surface area contributed by atoms with E-state index in [0.29, 0.717) is 6.61 Å². The zero-order valence-corrected chi connectivity index (χ0v) is 5.80. The first-order valence-corrected chi connectivity index (χ1v) is 3.35. The number of ether oxygens (including phenoxy) is 1. The van der Waals surface area contributed by atoms with Gasteiger partial charge in [-0.3, -0.25) is 0 Å². The smallest absolute Gasteiger partial charge is 0.127 e. The van der Waals surface area contributed by atoms with Crippen molar-refractivity contribution in [3.05, 3.63) is 35.7 Å². The Hall–Kier alpha value is -1.31. The van der Waals surface area contributed by atoms with Crippen LogP contribution in [0.25, 0.3) is 6.08 Å². The molecule has 1 aliphatic heterocycles. The van der Waals surface area contributed by atoms with Crippen LogP contribution in [0, 0.1) is 11.9 Å². The molecule has 0 bridgehead atoms. The molecule has 2 heteroatoms. The minimum Gasteiger partial charge on any atom is -0.488 e. The third-order valence-electron chi connectivity index (χ3n) is 1.54. The van der Waals surface area contributed by atoms with Gasteiger partial charge in [0.2, 0.25) is 0 Å². The summed E-state index contributed by atoms with van der Waals surface area (Å²) in [7, 11) is 0. The number of rotatable bonds is 0. The maximum absolute atomic E-state index is 12.6. The van der Waals surface area contributed by atoms with E-state index in [-0.39, 0.29) is 5.82 Å². The summed E-state index contributed by atoms with van der Waals surface area (Å²) in [6.45, 7) is 0.457. The van der Waals surface area contributed by atoms with Crippen molar-refractivity contribution in [2.24, 2.45) is 0 Å². The van der Waals surface area contributed by atoms with E-state index < -0.39 is 0 Å². The van der Waals surface area contributed by atoms with Gasteiger partial charge in [-0.25, -0.2) is 4.39 Å². The normalized spacial score (nSPS) is 13.9. The highest BCUT2D eigenvalue weighted by atomic mass is 19.1. The van der Waals surface area contributed by atoms with Crippen LogP contribution in [0.2, 0.25) is 0 Å². The summed E-state index contributed by atoms with van der Waals surface area (Å²) in [5.41, 5.74) is 0.760. The summed E-state index contributed by atoms with van der Waals surface area (Å²) >= 11 is 0. The molecule has 0 aromatic heterocycles. The summed E-state index contributed by atoms with van der Waals surface area (Å²) in [5, 5.41) is 0. The Morgan fingerprint density at radius 1 is 1.45 bits per heavy atom. The second-order valence-electron chi connectivity index (χ2n) is 2.32. The van der Waals surface area contributed by atoms with Crippen LogP contribution in [-0.4, -0.2) is 6.61 Å². The van der Waals surface area contributed by atoms with Crippen LogP contribution >= 0.6 is 0 Å². The van der Waals surface area contributed by atoms with Gasteiger partial charge in [-0.05, 0) is 30.4 Å². The highest BCUT2D eigenvalue weighted by Crippen LogP contribution is 2.23. The van der Waals surface area contributed by atoms with E-state index in [1.807, 2.05) is 0 Å². The summed E-state index contributed by atoms with van der Waals surface area (Å²) < 4.78 is 17.8. The fourth-order valence-corrected chi connectivity index (χ4v) is 1.03. The van der Waals surface area contributed by atoms with Crippen LogP contribution in [0.15, 0.2) is 18.2 Å². The molecule has 0 aliphatic carbocycles. The third-order valence-corrected chi connectivity index (χ3v) is 1.54. The van der Waals surface area contributed by atoms with Crippen LogP contribution in [0.5, 0.6) is 5.75 Å². The molecule has 0 unspecified atom stereocenters. The first-order chi connectivity index (χ1) is 5.36. The molecule has 1 heterocycles. The van der Waals surface area contributed by atoms with Crippen molar-refractivity contribution >= 4 is 6.08 Å². The monoisotopic (exact) mass is 149 g/mol. The highest BCUT2D eigenvalue weighted by Gasteiger charge is 2.05. The summed E-state index contributed by atoms with van der Waals surface area (Å²) in [4.78, 5) is 0. The molecule has 2 rings (SSSR count). The second kappa shape index (κ2) is 2.38. The minimum atomic E-state index is -0.243. The Kier molecular flexibility index (Phi) is 1.39. The first-order valence-electron chi connectivity index (χ1n) is 3.35. The van der Waals surface area contributed by atoms with Crippen molar-refractivity contribution in [2.45, 2.75) is 0 Å². The third kappa shape index (κ3) is 1.11. The van der Waals surface area contributed by atoms with Gasteiger partial charge in [0.1, 0.15) is 18.2 Å². The predicted octanol–water partition coefficient (Wildman–Crippen LogP) is 2.03. The van der Waals surface area contributed by atoms with Gasteiger partial charge in [0, 0.05) is 5.56 Å². The number of fused-ring (bicyclic) bond motifs is 1. The Morgan fingerprint density at radius 2 is 2.36 bits per heavy atom. The lowest BCUT2D eigenvalue weighted by Crippen LogP contribution is -2.00. The van der Waals surface area contributed by atoms with Crippen LogP contribution in [0.3, 0.4) is 0 Å². The van der Waals surface area contributed by atoms with Crippen molar-refractivity contribution in [2.75, 3.05) is 6.61 Å². The fourth-order valence-electron chi connectivity index (χ4n) is 1.03. The molecule has 55 valence electrons. The molecule has 1 nitrogen and oxygen atoms in total. The van der Waals surface area contributed by atoms with Crippen molar-refractivity contribution in [3.8, 4) is 5.75 Å².